The Bertz CT molecular complexity index is 1490. The Hall–Kier alpha value is -4.10. The first-order valence-electron chi connectivity index (χ1n) is 13.6. The minimum atomic E-state index is -1.00. The van der Waals surface area contributed by atoms with Crippen LogP contribution in [0.15, 0.2) is 42.5 Å². The van der Waals surface area contributed by atoms with E-state index in [0.717, 1.165) is 23.9 Å². The molecule has 0 saturated carbocycles. The molecule has 2 aromatic carbocycles. The van der Waals surface area contributed by atoms with Gasteiger partial charge >= 0.3 is 6.09 Å². The smallest absolute Gasteiger partial charge is 0.407 e. The fraction of sp³-hybridized carbons (Fsp3) is 0.433. The number of carbonyl (C=O) groups is 3. The van der Waals surface area contributed by atoms with Crippen LogP contribution in [0.2, 0.25) is 5.02 Å². The number of nitriles is 1. The number of nitrogens with zero attached hydrogens (tertiary/aromatic N) is 5. The van der Waals surface area contributed by atoms with Crippen LogP contribution >= 0.6 is 11.6 Å². The average molecular weight is 579 g/mol. The lowest BCUT2D eigenvalue weighted by Crippen LogP contribution is -2.44. The molecule has 2 unspecified atom stereocenters. The summed E-state index contributed by atoms with van der Waals surface area (Å²) in [5.74, 6) is -0.261. The maximum absolute atomic E-state index is 13.1. The molecule has 3 amide bonds. The van der Waals surface area contributed by atoms with Gasteiger partial charge in [0, 0.05) is 42.3 Å². The predicted molar refractivity (Wildman–Crippen MR) is 157 cm³/mol. The highest BCUT2D eigenvalue weighted by atomic mass is 35.5. The summed E-state index contributed by atoms with van der Waals surface area (Å²) in [5, 5.41) is 22.4. The predicted octanol–water partition coefficient (Wildman–Crippen LogP) is 5.76. The summed E-state index contributed by atoms with van der Waals surface area (Å²) in [6.45, 7) is 9.04. The number of hydrogen-bond acceptors (Lipinski definition) is 5. The van der Waals surface area contributed by atoms with Gasteiger partial charge in [0.15, 0.2) is 0 Å². The van der Waals surface area contributed by atoms with E-state index in [2.05, 4.69) is 5.32 Å². The number of hydrogen-bond donors (Lipinski definition) is 2. The second-order valence-electron chi connectivity index (χ2n) is 11.5. The summed E-state index contributed by atoms with van der Waals surface area (Å²) in [6.07, 6.45) is 0.398. The normalized spacial score (nSPS) is 15.9. The van der Waals surface area contributed by atoms with Gasteiger partial charge in [0.05, 0.1) is 17.1 Å². The highest BCUT2D eigenvalue weighted by Crippen LogP contribution is 2.29. The third kappa shape index (κ3) is 6.80. The molecule has 2 atom stereocenters. The first kappa shape index (κ1) is 29.9. The number of imidazole rings is 1. The molecule has 1 saturated heterocycles. The van der Waals surface area contributed by atoms with Gasteiger partial charge in [-0.2, -0.15) is 5.26 Å². The van der Waals surface area contributed by atoms with Crippen molar-refractivity contribution in [3.05, 3.63) is 58.6 Å². The van der Waals surface area contributed by atoms with Gasteiger partial charge in [-0.1, -0.05) is 38.4 Å². The van der Waals surface area contributed by atoms with E-state index in [1.807, 2.05) is 56.5 Å². The highest BCUT2D eigenvalue weighted by molar-refractivity contribution is 6.30. The molecular formula is C30H35ClN6O4. The molecule has 0 spiro atoms. The molecule has 1 aliphatic rings. The Morgan fingerprint density at radius 1 is 1.22 bits per heavy atom. The van der Waals surface area contributed by atoms with Crippen LogP contribution in [0.5, 0.6) is 0 Å². The van der Waals surface area contributed by atoms with E-state index in [1.54, 1.807) is 29.2 Å². The van der Waals surface area contributed by atoms with Gasteiger partial charge in [-0.15, -0.1) is 0 Å². The quantitative estimate of drug-likeness (QED) is 0.349. The van der Waals surface area contributed by atoms with Gasteiger partial charge in [-0.25, -0.2) is 9.78 Å². The molecule has 2 N–H and O–H groups in total. The summed E-state index contributed by atoms with van der Waals surface area (Å²) < 4.78 is 1.88. The van der Waals surface area contributed by atoms with Crippen molar-refractivity contribution < 1.29 is 19.5 Å². The lowest BCUT2D eigenvalue weighted by Gasteiger charge is -2.36. The summed E-state index contributed by atoms with van der Waals surface area (Å²) in [7, 11) is 0. The molecule has 41 heavy (non-hydrogen) atoms. The SMILES string of the molecule is CC(N(Cc1ccc2c(c1)nc(NC(=O)c1ccc(Cl)cc1)n2CC1CCCN1C(=O)CC#N)C(=O)O)C(C)(C)C. The number of aromatic nitrogens is 2. The number of carboxylic acid groups (broad SMARTS) is 1. The summed E-state index contributed by atoms with van der Waals surface area (Å²) in [6, 6.07) is 13.6. The van der Waals surface area contributed by atoms with Crippen molar-refractivity contribution in [2.24, 2.45) is 5.41 Å². The second-order valence-corrected chi connectivity index (χ2v) is 11.9. The van der Waals surface area contributed by atoms with Crippen LogP contribution in [0, 0.1) is 16.7 Å². The Morgan fingerprint density at radius 3 is 2.56 bits per heavy atom. The number of carbonyl (C=O) groups excluding carboxylic acids is 2. The molecule has 0 radical (unpaired) electrons. The van der Waals surface area contributed by atoms with Gasteiger partial charge in [0.2, 0.25) is 11.9 Å². The standard InChI is InChI=1S/C30H35ClN6O4/c1-19(30(2,3)4)36(29(40)41)17-20-7-12-25-24(16-20)33-28(34-27(39)21-8-10-22(31)11-9-21)37(25)18-23-6-5-15-35(23)26(38)13-14-32/h7-12,16,19,23H,5-6,13,15,17-18H2,1-4H3,(H,40,41)(H,33,34,39). The number of nitrogens with one attached hydrogen (secondary N) is 1. The molecule has 4 rings (SSSR count). The van der Waals surface area contributed by atoms with E-state index in [1.165, 1.54) is 4.90 Å². The molecule has 216 valence electrons. The van der Waals surface area contributed by atoms with Crippen molar-refractivity contribution in [1.82, 2.24) is 19.4 Å². The van der Waals surface area contributed by atoms with Crippen molar-refractivity contribution in [1.29, 1.82) is 5.26 Å². The number of halogens is 1. The zero-order valence-electron chi connectivity index (χ0n) is 23.7. The largest absolute Gasteiger partial charge is 0.465 e. The topological polar surface area (TPSA) is 132 Å². The van der Waals surface area contributed by atoms with Gasteiger partial charge in [0.25, 0.3) is 5.91 Å². The number of rotatable bonds is 8. The van der Waals surface area contributed by atoms with Crippen LogP contribution in [0.1, 0.15) is 62.9 Å². The minimum absolute atomic E-state index is 0.158. The van der Waals surface area contributed by atoms with Gasteiger partial charge < -0.3 is 19.5 Å². The zero-order valence-corrected chi connectivity index (χ0v) is 24.5. The van der Waals surface area contributed by atoms with Crippen LogP contribution in [0.3, 0.4) is 0 Å². The number of fused-ring (bicyclic) bond motifs is 1. The summed E-state index contributed by atoms with van der Waals surface area (Å²) >= 11 is 5.99. The Kier molecular flexibility index (Phi) is 8.88. The molecule has 3 aromatic rings. The van der Waals surface area contributed by atoms with E-state index in [0.29, 0.717) is 35.1 Å². The molecule has 1 aliphatic heterocycles. The fourth-order valence-electron chi connectivity index (χ4n) is 5.10. The molecule has 11 heteroatoms. The third-order valence-electron chi connectivity index (χ3n) is 7.78. The Morgan fingerprint density at radius 2 is 1.93 bits per heavy atom. The van der Waals surface area contributed by atoms with Crippen molar-refractivity contribution in [3.8, 4) is 6.07 Å². The number of amides is 3. The van der Waals surface area contributed by atoms with Gasteiger partial charge in [0.1, 0.15) is 6.42 Å². The van der Waals surface area contributed by atoms with E-state index < -0.39 is 6.09 Å². The number of likely N-dealkylation sites (tertiary alicyclic amines) is 1. The maximum Gasteiger partial charge on any atom is 0.407 e. The molecule has 0 bridgehead atoms. The monoisotopic (exact) mass is 578 g/mol. The zero-order chi connectivity index (χ0) is 29.9. The first-order valence-corrected chi connectivity index (χ1v) is 14.0. The van der Waals surface area contributed by atoms with E-state index in [-0.39, 0.29) is 42.3 Å². The maximum atomic E-state index is 13.1. The van der Waals surface area contributed by atoms with Crippen molar-refractivity contribution in [3.63, 3.8) is 0 Å². The third-order valence-corrected chi connectivity index (χ3v) is 8.04. The molecule has 1 aromatic heterocycles. The Balaban J connectivity index is 1.70. The summed E-state index contributed by atoms with van der Waals surface area (Å²) in [5.41, 5.74) is 2.26. The fourth-order valence-corrected chi connectivity index (χ4v) is 5.22. The lowest BCUT2D eigenvalue weighted by molar-refractivity contribution is -0.131. The van der Waals surface area contributed by atoms with Crippen LogP contribution < -0.4 is 5.32 Å². The molecule has 2 heterocycles. The van der Waals surface area contributed by atoms with Crippen molar-refractivity contribution in [2.45, 2.75) is 72.1 Å². The first-order chi connectivity index (χ1) is 19.4. The van der Waals surface area contributed by atoms with Crippen molar-refractivity contribution in [2.75, 3.05) is 11.9 Å². The number of benzene rings is 2. The second kappa shape index (κ2) is 12.2. The molecular weight excluding hydrogens is 544 g/mol. The van der Waals surface area contributed by atoms with Crippen molar-refractivity contribution >= 4 is 46.5 Å². The van der Waals surface area contributed by atoms with Crippen LogP contribution in [0.25, 0.3) is 11.0 Å². The number of anilines is 1. The Labute approximate surface area is 244 Å². The minimum Gasteiger partial charge on any atom is -0.465 e. The van der Waals surface area contributed by atoms with E-state index >= 15 is 0 Å². The van der Waals surface area contributed by atoms with E-state index in [9.17, 15) is 19.5 Å². The van der Waals surface area contributed by atoms with Gasteiger partial charge in [-0.05, 0) is 67.1 Å². The molecule has 1 fully saturated rings. The van der Waals surface area contributed by atoms with Crippen LogP contribution in [0.4, 0.5) is 10.7 Å². The molecule has 0 aliphatic carbocycles. The molecule has 10 nitrogen and oxygen atoms in total. The lowest BCUT2D eigenvalue weighted by atomic mass is 9.87. The van der Waals surface area contributed by atoms with Gasteiger partial charge in [-0.3, -0.25) is 14.9 Å². The average Bonchev–Trinajstić information content (AvgIpc) is 3.51. The summed E-state index contributed by atoms with van der Waals surface area (Å²) in [4.78, 5) is 45.7. The van der Waals surface area contributed by atoms with Crippen LogP contribution in [-0.2, 0) is 17.9 Å². The van der Waals surface area contributed by atoms with E-state index in [4.69, 9.17) is 21.8 Å². The highest BCUT2D eigenvalue weighted by Gasteiger charge is 2.31. The van der Waals surface area contributed by atoms with Crippen LogP contribution in [-0.4, -0.2) is 61.0 Å².